The highest BCUT2D eigenvalue weighted by Crippen LogP contribution is 2.34. The third kappa shape index (κ3) is 2.75. The van der Waals surface area contributed by atoms with Crippen LogP contribution in [0.4, 0.5) is 0 Å². The van der Waals surface area contributed by atoms with Gasteiger partial charge in [0.15, 0.2) is 0 Å². The number of allylic oxidation sites excluding steroid dienone is 3. The quantitative estimate of drug-likeness (QED) is 0.690. The first-order valence-corrected chi connectivity index (χ1v) is 7.34. The third-order valence-electron chi connectivity index (χ3n) is 4.06. The molecule has 0 aromatic heterocycles. The first kappa shape index (κ1) is 12.9. The Morgan fingerprint density at radius 1 is 0.850 bits per heavy atom. The van der Waals surface area contributed by atoms with Crippen LogP contribution in [0.3, 0.4) is 0 Å². The zero-order valence-corrected chi connectivity index (χ0v) is 11.8. The van der Waals surface area contributed by atoms with Crippen LogP contribution in [0.2, 0.25) is 0 Å². The van der Waals surface area contributed by atoms with E-state index in [-0.39, 0.29) is 0 Å². The van der Waals surface area contributed by atoms with Gasteiger partial charge in [0.25, 0.3) is 0 Å². The van der Waals surface area contributed by atoms with Crippen LogP contribution in [-0.4, -0.2) is 0 Å². The molecule has 0 saturated carbocycles. The van der Waals surface area contributed by atoms with Gasteiger partial charge in [-0.05, 0) is 53.5 Å². The molecule has 0 N–H and O–H groups in total. The molecule has 1 aliphatic rings. The van der Waals surface area contributed by atoms with Crippen LogP contribution < -0.4 is 0 Å². The fourth-order valence-electron chi connectivity index (χ4n) is 2.98. The lowest BCUT2D eigenvalue weighted by Gasteiger charge is -2.07. The van der Waals surface area contributed by atoms with E-state index in [4.69, 9.17) is 0 Å². The third-order valence-corrected chi connectivity index (χ3v) is 4.06. The van der Waals surface area contributed by atoms with Gasteiger partial charge in [-0.15, -0.1) is 0 Å². The van der Waals surface area contributed by atoms with Crippen LogP contribution in [0.1, 0.15) is 36.0 Å². The lowest BCUT2D eigenvalue weighted by Crippen LogP contribution is -1.89. The minimum Gasteiger partial charge on any atom is -0.0988 e. The van der Waals surface area contributed by atoms with Gasteiger partial charge in [-0.25, -0.2) is 0 Å². The summed E-state index contributed by atoms with van der Waals surface area (Å²) in [6, 6.07) is 19.7. The van der Waals surface area contributed by atoms with E-state index in [2.05, 4.69) is 61.2 Å². The molecular weight excluding hydrogens is 240 g/mol. The van der Waals surface area contributed by atoms with Crippen molar-refractivity contribution in [1.29, 1.82) is 0 Å². The molecule has 0 bridgehead atoms. The van der Waals surface area contributed by atoms with Gasteiger partial charge in [-0.2, -0.15) is 0 Å². The Labute approximate surface area is 121 Å². The molecular formula is C20H20. The normalized spacial score (nSPS) is 14.6. The van der Waals surface area contributed by atoms with Crippen LogP contribution in [-0.2, 0) is 6.42 Å². The Morgan fingerprint density at radius 2 is 1.55 bits per heavy atom. The van der Waals surface area contributed by atoms with E-state index < -0.39 is 0 Å². The number of hydrogen-bond donors (Lipinski definition) is 0. The van der Waals surface area contributed by atoms with Gasteiger partial charge >= 0.3 is 0 Å². The Balaban J connectivity index is 1.80. The maximum Gasteiger partial charge on any atom is -0.00258 e. The van der Waals surface area contributed by atoms with Gasteiger partial charge < -0.3 is 0 Å². The molecule has 0 atom stereocenters. The Hall–Kier alpha value is -2.08. The summed E-state index contributed by atoms with van der Waals surface area (Å²) in [5, 5.41) is 0. The largest absolute Gasteiger partial charge is 0.0988 e. The predicted molar refractivity (Wildman–Crippen MR) is 86.7 cm³/mol. The van der Waals surface area contributed by atoms with Crippen LogP contribution in [0.5, 0.6) is 0 Å². The standard InChI is InChI=1S/C20H20/c1-2-18-9-6-10-20(18)19-13-11-17(12-14-19)15-16-7-4-3-5-8-16/h2-5,7-8,11-14H,1,6,9-10,15H2. The molecule has 1 aliphatic carbocycles. The molecule has 0 fully saturated rings. The summed E-state index contributed by atoms with van der Waals surface area (Å²) in [4.78, 5) is 0. The van der Waals surface area contributed by atoms with Gasteiger partial charge in [0.05, 0.1) is 0 Å². The van der Waals surface area contributed by atoms with E-state index in [1.54, 1.807) is 0 Å². The summed E-state index contributed by atoms with van der Waals surface area (Å²) in [5.41, 5.74) is 7.03. The number of rotatable bonds is 4. The van der Waals surface area contributed by atoms with Gasteiger partial charge in [0.2, 0.25) is 0 Å². The average Bonchev–Trinajstić information content (AvgIpc) is 2.98. The van der Waals surface area contributed by atoms with E-state index in [0.717, 1.165) is 6.42 Å². The lowest BCUT2D eigenvalue weighted by atomic mass is 9.98. The summed E-state index contributed by atoms with van der Waals surface area (Å²) < 4.78 is 0. The first-order chi connectivity index (χ1) is 9.86. The Morgan fingerprint density at radius 3 is 2.25 bits per heavy atom. The van der Waals surface area contributed by atoms with Crippen molar-refractivity contribution in [2.45, 2.75) is 25.7 Å². The van der Waals surface area contributed by atoms with E-state index in [1.807, 2.05) is 6.08 Å². The van der Waals surface area contributed by atoms with E-state index in [9.17, 15) is 0 Å². The molecule has 0 heterocycles. The minimum atomic E-state index is 1.01. The molecule has 2 aromatic rings. The van der Waals surface area contributed by atoms with Crippen molar-refractivity contribution >= 4 is 5.57 Å². The number of hydrogen-bond acceptors (Lipinski definition) is 0. The van der Waals surface area contributed by atoms with Gasteiger partial charge in [-0.3, -0.25) is 0 Å². The average molecular weight is 260 g/mol. The fourth-order valence-corrected chi connectivity index (χ4v) is 2.98. The van der Waals surface area contributed by atoms with Crippen LogP contribution in [0.15, 0.2) is 72.8 Å². The molecule has 20 heavy (non-hydrogen) atoms. The Bertz CT molecular complexity index is 615. The molecule has 0 unspecified atom stereocenters. The van der Waals surface area contributed by atoms with Gasteiger partial charge in [0, 0.05) is 0 Å². The fraction of sp³-hybridized carbons (Fsp3) is 0.200. The molecule has 0 radical (unpaired) electrons. The van der Waals surface area contributed by atoms with Crippen LogP contribution in [0.25, 0.3) is 5.57 Å². The zero-order chi connectivity index (χ0) is 13.8. The Kier molecular flexibility index (Phi) is 3.83. The highest BCUT2D eigenvalue weighted by atomic mass is 14.2. The minimum absolute atomic E-state index is 1.01. The summed E-state index contributed by atoms with van der Waals surface area (Å²) in [5.74, 6) is 0. The van der Waals surface area contributed by atoms with E-state index >= 15 is 0 Å². The monoisotopic (exact) mass is 260 g/mol. The van der Waals surface area contributed by atoms with E-state index in [0.29, 0.717) is 0 Å². The molecule has 3 rings (SSSR count). The second kappa shape index (κ2) is 5.92. The summed E-state index contributed by atoms with van der Waals surface area (Å²) in [6.45, 7) is 3.93. The number of benzene rings is 2. The molecule has 0 saturated heterocycles. The van der Waals surface area contributed by atoms with Crippen LogP contribution in [0, 0.1) is 0 Å². The van der Waals surface area contributed by atoms with Gasteiger partial charge in [-0.1, -0.05) is 67.3 Å². The van der Waals surface area contributed by atoms with E-state index in [1.165, 1.54) is 47.1 Å². The van der Waals surface area contributed by atoms with Crippen molar-refractivity contribution in [3.8, 4) is 0 Å². The summed E-state index contributed by atoms with van der Waals surface area (Å²) in [6.07, 6.45) is 6.68. The lowest BCUT2D eigenvalue weighted by molar-refractivity contribution is 0.921. The molecule has 0 spiro atoms. The molecule has 2 aromatic carbocycles. The van der Waals surface area contributed by atoms with Crippen molar-refractivity contribution < 1.29 is 0 Å². The molecule has 100 valence electrons. The highest BCUT2D eigenvalue weighted by molar-refractivity contribution is 5.72. The van der Waals surface area contributed by atoms with Crippen molar-refractivity contribution in [3.05, 3.63) is 89.5 Å². The molecule has 0 aliphatic heterocycles. The zero-order valence-electron chi connectivity index (χ0n) is 11.8. The van der Waals surface area contributed by atoms with Crippen molar-refractivity contribution in [1.82, 2.24) is 0 Å². The molecule has 0 amide bonds. The second-order valence-electron chi connectivity index (χ2n) is 5.42. The smallest absolute Gasteiger partial charge is 0.00258 e. The maximum absolute atomic E-state index is 3.93. The summed E-state index contributed by atoms with van der Waals surface area (Å²) >= 11 is 0. The van der Waals surface area contributed by atoms with Gasteiger partial charge in [0.1, 0.15) is 0 Å². The van der Waals surface area contributed by atoms with Crippen molar-refractivity contribution in [2.75, 3.05) is 0 Å². The highest BCUT2D eigenvalue weighted by Gasteiger charge is 2.13. The maximum atomic E-state index is 3.93. The predicted octanol–water partition coefficient (Wildman–Crippen LogP) is 5.40. The van der Waals surface area contributed by atoms with Crippen molar-refractivity contribution in [2.24, 2.45) is 0 Å². The van der Waals surface area contributed by atoms with Crippen molar-refractivity contribution in [3.63, 3.8) is 0 Å². The molecule has 0 nitrogen and oxygen atoms in total. The second-order valence-corrected chi connectivity index (χ2v) is 5.42. The van der Waals surface area contributed by atoms with Crippen LogP contribution >= 0.6 is 0 Å². The SMILES string of the molecule is C=CC1=C(c2ccc(Cc3ccccc3)cc2)CCC1. The topological polar surface area (TPSA) is 0 Å². The summed E-state index contributed by atoms with van der Waals surface area (Å²) in [7, 11) is 0. The molecule has 0 heteroatoms. The first-order valence-electron chi connectivity index (χ1n) is 7.34.